The molecule has 0 heterocycles. The van der Waals surface area contributed by atoms with E-state index in [0.29, 0.717) is 5.41 Å². The SMILES string of the molecule is CC(C)(CCCBr)CCCBr. The zero-order chi connectivity index (χ0) is 8.74. The van der Waals surface area contributed by atoms with Crippen molar-refractivity contribution in [2.75, 3.05) is 10.7 Å². The lowest BCUT2D eigenvalue weighted by molar-refractivity contribution is 0.304. The Bertz CT molecular complexity index is 79.6. The molecule has 0 rings (SSSR count). The molecule has 0 N–H and O–H groups in total. The van der Waals surface area contributed by atoms with Gasteiger partial charge in [0.05, 0.1) is 0 Å². The molecule has 0 bridgehead atoms. The molecule has 0 aromatic heterocycles. The van der Waals surface area contributed by atoms with Crippen molar-refractivity contribution in [1.29, 1.82) is 0 Å². The second-order valence-electron chi connectivity index (χ2n) is 3.75. The molecule has 0 unspecified atom stereocenters. The molecule has 0 nitrogen and oxygen atoms in total. The Morgan fingerprint density at radius 3 is 1.55 bits per heavy atom. The van der Waals surface area contributed by atoms with Crippen LogP contribution in [0.25, 0.3) is 0 Å². The lowest BCUT2D eigenvalue weighted by Crippen LogP contribution is -2.11. The summed E-state index contributed by atoms with van der Waals surface area (Å²) in [5.41, 5.74) is 0.543. The first-order valence-electron chi connectivity index (χ1n) is 4.24. The van der Waals surface area contributed by atoms with Gasteiger partial charge in [0.25, 0.3) is 0 Å². The Morgan fingerprint density at radius 2 is 1.27 bits per heavy atom. The summed E-state index contributed by atoms with van der Waals surface area (Å²) in [6, 6.07) is 0. The third kappa shape index (κ3) is 7.32. The van der Waals surface area contributed by atoms with Crippen molar-refractivity contribution in [3.05, 3.63) is 0 Å². The molecule has 0 saturated carbocycles. The fraction of sp³-hybridized carbons (Fsp3) is 1.00. The minimum absolute atomic E-state index is 0.543. The van der Waals surface area contributed by atoms with Gasteiger partial charge in [-0.2, -0.15) is 0 Å². The molecule has 0 fully saturated rings. The van der Waals surface area contributed by atoms with Crippen molar-refractivity contribution in [2.24, 2.45) is 5.41 Å². The molecular formula is C9H18Br2. The minimum Gasteiger partial charge on any atom is -0.0928 e. The van der Waals surface area contributed by atoms with Gasteiger partial charge >= 0.3 is 0 Å². The Labute approximate surface area is 87.4 Å². The highest BCUT2D eigenvalue weighted by Gasteiger charge is 2.15. The first kappa shape index (κ1) is 12.0. The van der Waals surface area contributed by atoms with E-state index in [2.05, 4.69) is 45.7 Å². The molecule has 0 aliphatic heterocycles. The van der Waals surface area contributed by atoms with E-state index >= 15 is 0 Å². The van der Waals surface area contributed by atoms with Crippen LogP contribution in [-0.2, 0) is 0 Å². The summed E-state index contributed by atoms with van der Waals surface area (Å²) in [4.78, 5) is 0. The van der Waals surface area contributed by atoms with Crippen LogP contribution in [0.3, 0.4) is 0 Å². The first-order chi connectivity index (χ1) is 5.12. The van der Waals surface area contributed by atoms with Crippen molar-refractivity contribution >= 4 is 31.9 Å². The molecule has 0 spiro atoms. The summed E-state index contributed by atoms with van der Waals surface area (Å²) >= 11 is 6.92. The normalized spacial score (nSPS) is 12.0. The standard InChI is InChI=1S/C9H18Br2/c1-9(2,5-3-7-10)6-4-8-11/h3-8H2,1-2H3. The first-order valence-corrected chi connectivity index (χ1v) is 6.48. The largest absolute Gasteiger partial charge is 0.0928 e. The zero-order valence-corrected chi connectivity index (χ0v) is 10.7. The van der Waals surface area contributed by atoms with Crippen molar-refractivity contribution < 1.29 is 0 Å². The van der Waals surface area contributed by atoms with Crippen LogP contribution in [0.15, 0.2) is 0 Å². The topological polar surface area (TPSA) is 0 Å². The Balaban J connectivity index is 3.43. The van der Waals surface area contributed by atoms with Gasteiger partial charge in [0.15, 0.2) is 0 Å². The van der Waals surface area contributed by atoms with E-state index in [0.717, 1.165) is 10.7 Å². The highest BCUT2D eigenvalue weighted by molar-refractivity contribution is 9.09. The van der Waals surface area contributed by atoms with E-state index in [4.69, 9.17) is 0 Å². The van der Waals surface area contributed by atoms with Crippen LogP contribution < -0.4 is 0 Å². The molecule has 0 radical (unpaired) electrons. The molecule has 68 valence electrons. The minimum atomic E-state index is 0.543. The molecule has 0 saturated heterocycles. The molecule has 0 aromatic rings. The lowest BCUT2D eigenvalue weighted by Gasteiger charge is -2.23. The molecule has 11 heavy (non-hydrogen) atoms. The summed E-state index contributed by atoms with van der Waals surface area (Å²) in [5.74, 6) is 0. The number of rotatable bonds is 6. The van der Waals surface area contributed by atoms with Crippen LogP contribution in [0, 0.1) is 5.41 Å². The van der Waals surface area contributed by atoms with Gasteiger partial charge in [0, 0.05) is 10.7 Å². The van der Waals surface area contributed by atoms with Crippen LogP contribution in [-0.4, -0.2) is 10.7 Å². The number of halogens is 2. The van der Waals surface area contributed by atoms with E-state index in [-0.39, 0.29) is 0 Å². The van der Waals surface area contributed by atoms with Crippen LogP contribution in [0.2, 0.25) is 0 Å². The summed E-state index contributed by atoms with van der Waals surface area (Å²) < 4.78 is 0. The zero-order valence-electron chi connectivity index (χ0n) is 7.50. The summed E-state index contributed by atoms with van der Waals surface area (Å²) in [6.45, 7) is 4.72. The smallest absolute Gasteiger partial charge is 0.00315 e. The highest BCUT2D eigenvalue weighted by atomic mass is 79.9. The average Bonchev–Trinajstić information content (AvgIpc) is 1.97. The Hall–Kier alpha value is 0.960. The van der Waals surface area contributed by atoms with Crippen molar-refractivity contribution in [3.63, 3.8) is 0 Å². The van der Waals surface area contributed by atoms with Crippen LogP contribution in [0.4, 0.5) is 0 Å². The molecule has 0 atom stereocenters. The van der Waals surface area contributed by atoms with E-state index in [1.165, 1.54) is 25.7 Å². The van der Waals surface area contributed by atoms with Crippen LogP contribution in [0.5, 0.6) is 0 Å². The predicted molar refractivity (Wildman–Crippen MR) is 59.8 cm³/mol. The van der Waals surface area contributed by atoms with Gasteiger partial charge in [-0.05, 0) is 31.1 Å². The highest BCUT2D eigenvalue weighted by Crippen LogP contribution is 2.28. The van der Waals surface area contributed by atoms with Crippen molar-refractivity contribution in [2.45, 2.75) is 39.5 Å². The maximum atomic E-state index is 3.46. The van der Waals surface area contributed by atoms with Gasteiger partial charge in [-0.15, -0.1) is 0 Å². The van der Waals surface area contributed by atoms with Crippen molar-refractivity contribution in [3.8, 4) is 0 Å². The van der Waals surface area contributed by atoms with E-state index in [9.17, 15) is 0 Å². The number of hydrogen-bond acceptors (Lipinski definition) is 0. The van der Waals surface area contributed by atoms with Crippen LogP contribution >= 0.6 is 31.9 Å². The quantitative estimate of drug-likeness (QED) is 0.636. The summed E-state index contributed by atoms with van der Waals surface area (Å²) in [6.07, 6.45) is 5.28. The Kier molecular flexibility index (Phi) is 7.04. The molecule has 2 heteroatoms. The Morgan fingerprint density at radius 1 is 0.909 bits per heavy atom. The van der Waals surface area contributed by atoms with Crippen molar-refractivity contribution in [1.82, 2.24) is 0 Å². The maximum Gasteiger partial charge on any atom is 0.00315 e. The van der Waals surface area contributed by atoms with E-state index in [1.807, 2.05) is 0 Å². The van der Waals surface area contributed by atoms with Gasteiger partial charge in [-0.3, -0.25) is 0 Å². The predicted octanol–water partition coefficient (Wildman–Crippen LogP) is 4.36. The third-order valence-corrected chi connectivity index (χ3v) is 3.10. The molecular weight excluding hydrogens is 268 g/mol. The molecule has 0 amide bonds. The third-order valence-electron chi connectivity index (χ3n) is 1.97. The molecule has 0 aliphatic rings. The van der Waals surface area contributed by atoms with Crippen LogP contribution in [0.1, 0.15) is 39.5 Å². The number of alkyl halides is 2. The number of hydrogen-bond donors (Lipinski definition) is 0. The fourth-order valence-electron chi connectivity index (χ4n) is 1.22. The maximum absolute atomic E-state index is 3.46. The van der Waals surface area contributed by atoms with E-state index < -0.39 is 0 Å². The van der Waals surface area contributed by atoms with Gasteiger partial charge in [0.2, 0.25) is 0 Å². The monoisotopic (exact) mass is 284 g/mol. The molecule has 0 aliphatic carbocycles. The molecule has 0 aromatic carbocycles. The van der Waals surface area contributed by atoms with Gasteiger partial charge in [-0.25, -0.2) is 0 Å². The second kappa shape index (κ2) is 6.47. The van der Waals surface area contributed by atoms with Gasteiger partial charge < -0.3 is 0 Å². The summed E-state index contributed by atoms with van der Waals surface area (Å²) in [7, 11) is 0. The average molecular weight is 286 g/mol. The van der Waals surface area contributed by atoms with E-state index in [1.54, 1.807) is 0 Å². The lowest BCUT2D eigenvalue weighted by atomic mass is 9.84. The fourth-order valence-corrected chi connectivity index (χ4v) is 1.78. The van der Waals surface area contributed by atoms with Gasteiger partial charge in [-0.1, -0.05) is 45.7 Å². The van der Waals surface area contributed by atoms with Gasteiger partial charge in [0.1, 0.15) is 0 Å². The summed E-state index contributed by atoms with van der Waals surface area (Å²) in [5, 5.41) is 2.29. The second-order valence-corrected chi connectivity index (χ2v) is 5.34.